The molecule has 2 aliphatic heterocycles. The Hall–Kier alpha value is -3.82. The molecule has 6 nitrogen and oxygen atoms in total. The van der Waals surface area contributed by atoms with E-state index in [1.54, 1.807) is 24.3 Å². The molecule has 0 N–H and O–H groups in total. The van der Waals surface area contributed by atoms with Crippen molar-refractivity contribution in [2.75, 3.05) is 4.90 Å². The molecule has 1 spiro atoms. The van der Waals surface area contributed by atoms with Gasteiger partial charge in [0.2, 0.25) is 29.0 Å². The zero-order valence-electron chi connectivity index (χ0n) is 18.7. The Morgan fingerprint density at radius 3 is 2.03 bits per heavy atom. The SMILES string of the molecule is O=C1[C@H]2[C@@H](C(=O)N1c1cccc(C(F)(F)F)c1)C1(O[C@H]2c2ccc(Cl)cc2)C(=O)c2ccccc2C1=O. The smallest absolute Gasteiger partial charge is 0.349 e. The van der Waals surface area contributed by atoms with Crippen LogP contribution in [0, 0.1) is 11.8 Å². The third-order valence-corrected chi connectivity index (χ3v) is 7.40. The van der Waals surface area contributed by atoms with E-state index in [1.165, 1.54) is 30.3 Å². The van der Waals surface area contributed by atoms with E-state index in [1.807, 2.05) is 0 Å². The van der Waals surface area contributed by atoms with Gasteiger partial charge in [-0.2, -0.15) is 13.2 Å². The Morgan fingerprint density at radius 2 is 1.43 bits per heavy atom. The van der Waals surface area contributed by atoms with Gasteiger partial charge in [0.1, 0.15) is 0 Å². The summed E-state index contributed by atoms with van der Waals surface area (Å²) >= 11 is 5.99. The fraction of sp³-hybridized carbons (Fsp3) is 0.185. The summed E-state index contributed by atoms with van der Waals surface area (Å²) in [6.45, 7) is 0. The number of Topliss-reactive ketones (excluding diaryl/α,β-unsaturated/α-hetero) is 2. The first-order chi connectivity index (χ1) is 17.6. The number of benzene rings is 3. The molecule has 0 saturated carbocycles. The van der Waals surface area contributed by atoms with Crippen molar-refractivity contribution >= 4 is 40.7 Å². The van der Waals surface area contributed by atoms with Crippen molar-refractivity contribution in [1.82, 2.24) is 0 Å². The van der Waals surface area contributed by atoms with E-state index in [2.05, 4.69) is 0 Å². The molecule has 2 saturated heterocycles. The van der Waals surface area contributed by atoms with E-state index in [0.717, 1.165) is 12.1 Å². The Morgan fingerprint density at radius 1 is 0.811 bits per heavy atom. The quantitative estimate of drug-likeness (QED) is 0.345. The molecule has 37 heavy (non-hydrogen) atoms. The molecule has 6 rings (SSSR count). The number of amides is 2. The van der Waals surface area contributed by atoms with Crippen LogP contribution in [-0.2, 0) is 20.5 Å². The van der Waals surface area contributed by atoms with Crippen LogP contribution in [0.25, 0.3) is 0 Å². The maximum Gasteiger partial charge on any atom is 0.416 e. The minimum absolute atomic E-state index is 0.0563. The summed E-state index contributed by atoms with van der Waals surface area (Å²) in [5, 5.41) is 0.382. The van der Waals surface area contributed by atoms with Crippen molar-refractivity contribution in [3.05, 3.63) is 100 Å². The van der Waals surface area contributed by atoms with Gasteiger partial charge in [0.25, 0.3) is 0 Å². The van der Waals surface area contributed by atoms with Gasteiger partial charge in [-0.15, -0.1) is 0 Å². The standard InChI is InChI=1S/C27H15ClF3NO5/c28-15-10-8-13(9-11-15)21-19-20(26(37-21)22(33)17-6-1-2-7-18(17)23(26)34)25(36)32(24(19)35)16-5-3-4-14(12-16)27(29,30)31/h1-12,19-21H/t19-,20-,21-/m0/s1. The third kappa shape index (κ3) is 3.17. The van der Waals surface area contributed by atoms with Crippen molar-refractivity contribution in [2.45, 2.75) is 17.9 Å². The molecular weight excluding hydrogens is 511 g/mol. The minimum atomic E-state index is -4.72. The summed E-state index contributed by atoms with van der Waals surface area (Å²) in [5.41, 5.74) is -3.17. The summed E-state index contributed by atoms with van der Waals surface area (Å²) in [6.07, 6.45) is -5.91. The highest BCUT2D eigenvalue weighted by atomic mass is 35.5. The van der Waals surface area contributed by atoms with Gasteiger partial charge in [0.15, 0.2) is 0 Å². The predicted molar refractivity (Wildman–Crippen MR) is 124 cm³/mol. The molecule has 2 amide bonds. The van der Waals surface area contributed by atoms with Crippen molar-refractivity contribution in [1.29, 1.82) is 0 Å². The van der Waals surface area contributed by atoms with E-state index in [0.29, 0.717) is 21.6 Å². The minimum Gasteiger partial charge on any atom is -0.349 e. The number of nitrogens with zero attached hydrogens (tertiary/aromatic N) is 1. The highest BCUT2D eigenvalue weighted by molar-refractivity contribution is 6.37. The van der Waals surface area contributed by atoms with E-state index >= 15 is 0 Å². The van der Waals surface area contributed by atoms with Crippen molar-refractivity contribution in [3.8, 4) is 0 Å². The molecule has 2 fully saturated rings. The molecule has 0 radical (unpaired) electrons. The summed E-state index contributed by atoms with van der Waals surface area (Å²) in [7, 11) is 0. The Labute approximate surface area is 212 Å². The molecular formula is C27H15ClF3NO5. The molecule has 3 aromatic rings. The maximum atomic E-state index is 13.8. The number of rotatable bonds is 2. The van der Waals surface area contributed by atoms with E-state index in [-0.39, 0.29) is 16.8 Å². The van der Waals surface area contributed by atoms with Gasteiger partial charge in [-0.25, -0.2) is 4.90 Å². The average Bonchev–Trinajstić information content (AvgIpc) is 3.44. The Kier molecular flexibility index (Phi) is 4.99. The third-order valence-electron chi connectivity index (χ3n) is 7.15. The van der Waals surface area contributed by atoms with Gasteiger partial charge >= 0.3 is 6.18 Å². The van der Waals surface area contributed by atoms with E-state index in [9.17, 15) is 32.3 Å². The molecule has 0 bridgehead atoms. The topological polar surface area (TPSA) is 80.8 Å². The molecule has 2 heterocycles. The number of ether oxygens (including phenoxy) is 1. The van der Waals surface area contributed by atoms with Crippen molar-refractivity contribution in [2.24, 2.45) is 11.8 Å². The molecule has 0 aromatic heterocycles. The van der Waals surface area contributed by atoms with Crippen LogP contribution in [0.15, 0.2) is 72.8 Å². The number of ketones is 2. The second kappa shape index (κ2) is 7.84. The summed E-state index contributed by atoms with van der Waals surface area (Å²) in [5.74, 6) is -6.24. The summed E-state index contributed by atoms with van der Waals surface area (Å²) in [6, 6.07) is 15.9. The van der Waals surface area contributed by atoms with Gasteiger partial charge in [-0.1, -0.05) is 54.1 Å². The monoisotopic (exact) mass is 525 g/mol. The summed E-state index contributed by atoms with van der Waals surface area (Å²) in [4.78, 5) is 55.5. The van der Waals surface area contributed by atoms with Crippen molar-refractivity contribution < 1.29 is 37.1 Å². The first-order valence-corrected chi connectivity index (χ1v) is 11.6. The van der Waals surface area contributed by atoms with Crippen LogP contribution in [0.5, 0.6) is 0 Å². The average molecular weight is 526 g/mol. The van der Waals surface area contributed by atoms with Crippen LogP contribution in [-0.4, -0.2) is 29.0 Å². The van der Waals surface area contributed by atoms with Crippen molar-refractivity contribution in [3.63, 3.8) is 0 Å². The van der Waals surface area contributed by atoms with E-state index in [4.69, 9.17) is 16.3 Å². The molecule has 0 unspecified atom stereocenters. The van der Waals surface area contributed by atoms with Crippen LogP contribution in [0.1, 0.15) is 37.9 Å². The molecule has 1 aliphatic carbocycles. The van der Waals surface area contributed by atoms with Crippen LogP contribution in [0.3, 0.4) is 0 Å². The summed E-state index contributed by atoms with van der Waals surface area (Å²) < 4.78 is 46.3. The van der Waals surface area contributed by atoms with Crippen LogP contribution in [0.4, 0.5) is 18.9 Å². The fourth-order valence-electron chi connectivity index (χ4n) is 5.55. The van der Waals surface area contributed by atoms with Gasteiger partial charge < -0.3 is 4.74 Å². The molecule has 3 aliphatic rings. The lowest BCUT2D eigenvalue weighted by atomic mass is 9.77. The Bertz CT molecular complexity index is 1480. The van der Waals surface area contributed by atoms with Crippen LogP contribution < -0.4 is 4.90 Å². The van der Waals surface area contributed by atoms with Crippen LogP contribution >= 0.6 is 11.6 Å². The first kappa shape index (κ1) is 23.6. The second-order valence-electron chi connectivity index (χ2n) is 9.09. The lowest BCUT2D eigenvalue weighted by molar-refractivity contribution is -0.137. The second-order valence-corrected chi connectivity index (χ2v) is 9.53. The number of hydrogen-bond donors (Lipinski definition) is 0. The zero-order valence-corrected chi connectivity index (χ0v) is 19.4. The van der Waals surface area contributed by atoms with Gasteiger partial charge in [0, 0.05) is 16.1 Å². The first-order valence-electron chi connectivity index (χ1n) is 11.2. The fourth-order valence-corrected chi connectivity index (χ4v) is 5.67. The number of carbonyl (C=O) groups is 4. The zero-order chi connectivity index (χ0) is 26.3. The van der Waals surface area contributed by atoms with Gasteiger partial charge in [-0.05, 0) is 35.9 Å². The number of halogens is 4. The molecule has 186 valence electrons. The Balaban J connectivity index is 1.53. The highest BCUT2D eigenvalue weighted by Gasteiger charge is 2.74. The number of alkyl halides is 3. The van der Waals surface area contributed by atoms with Gasteiger partial charge in [0.05, 0.1) is 29.2 Å². The molecule has 3 aromatic carbocycles. The van der Waals surface area contributed by atoms with Gasteiger partial charge in [-0.3, -0.25) is 19.2 Å². The van der Waals surface area contributed by atoms with E-state index < -0.39 is 58.7 Å². The number of hydrogen-bond acceptors (Lipinski definition) is 5. The predicted octanol–water partition coefficient (Wildman–Crippen LogP) is 5.05. The normalized spacial score (nSPS) is 24.2. The maximum absolute atomic E-state index is 13.8. The number of anilines is 1. The molecule has 10 heteroatoms. The number of carbonyl (C=O) groups excluding carboxylic acids is 4. The lowest BCUT2D eigenvalue weighted by Crippen LogP contribution is -2.51. The highest BCUT2D eigenvalue weighted by Crippen LogP contribution is 2.57. The largest absolute Gasteiger partial charge is 0.416 e. The molecule has 3 atom stereocenters. The lowest BCUT2D eigenvalue weighted by Gasteiger charge is -2.27. The number of fused-ring (bicyclic) bond motifs is 3. The van der Waals surface area contributed by atoms with Crippen LogP contribution in [0.2, 0.25) is 5.02 Å². The number of imide groups is 1.